The molecular weight excluding hydrogens is 338 g/mol. The van der Waals surface area contributed by atoms with Crippen molar-refractivity contribution in [3.8, 4) is 0 Å². The van der Waals surface area contributed by atoms with E-state index in [0.717, 1.165) is 10.8 Å². The third-order valence-corrected chi connectivity index (χ3v) is 3.83. The van der Waals surface area contributed by atoms with Gasteiger partial charge in [-0.05, 0) is 0 Å². The minimum Gasteiger partial charge on any atom is -0.425 e. The van der Waals surface area contributed by atoms with Gasteiger partial charge in [0.05, 0.1) is 18.3 Å². The summed E-state index contributed by atoms with van der Waals surface area (Å²) in [4.78, 5) is 52.7. The lowest BCUT2D eigenvalue weighted by Crippen LogP contribution is -2.33. The number of ether oxygens (including phenoxy) is 2. The van der Waals surface area contributed by atoms with Gasteiger partial charge >= 0.3 is 19.3 Å². The van der Waals surface area contributed by atoms with Gasteiger partial charge in [0.1, 0.15) is 0 Å². The molecule has 0 radical (unpaired) electrons. The highest BCUT2D eigenvalue weighted by atomic mass is 31.2. The van der Waals surface area contributed by atoms with Crippen molar-refractivity contribution in [3.63, 3.8) is 0 Å². The van der Waals surface area contributed by atoms with E-state index in [2.05, 4.69) is 4.74 Å². The Morgan fingerprint density at radius 3 is 2.74 bits per heavy atom. The van der Waals surface area contributed by atoms with E-state index >= 15 is 0 Å². The van der Waals surface area contributed by atoms with Gasteiger partial charge in [-0.2, -0.15) is 4.39 Å². The number of carbonyl (C=O) groups excluding carboxylic acids is 1. The summed E-state index contributed by atoms with van der Waals surface area (Å²) < 4.78 is 34.4. The number of carbonyl (C=O) groups is 1. The molecule has 126 valence electrons. The zero-order chi connectivity index (χ0) is 17.2. The Kier molecular flexibility index (Phi) is 4.95. The molecule has 1 aromatic rings. The fraction of sp³-hybridized carbons (Fsp3) is 0.364. The van der Waals surface area contributed by atoms with Gasteiger partial charge in [0.2, 0.25) is 5.82 Å². The third kappa shape index (κ3) is 4.02. The number of hydrogen-bond donors (Lipinski definition) is 3. The first kappa shape index (κ1) is 17.3. The summed E-state index contributed by atoms with van der Waals surface area (Å²) in [7, 11) is -4.85. The van der Waals surface area contributed by atoms with E-state index in [0.29, 0.717) is 0 Å². The first-order valence-electron chi connectivity index (χ1n) is 6.21. The molecule has 1 aliphatic rings. The average Bonchev–Trinajstić information content (AvgIpc) is 2.90. The van der Waals surface area contributed by atoms with E-state index in [9.17, 15) is 23.3 Å². The minimum absolute atomic E-state index is 0.0180. The monoisotopic (exact) mass is 350 g/mol. The fourth-order valence-electron chi connectivity index (χ4n) is 2.05. The van der Waals surface area contributed by atoms with Crippen LogP contribution in [0.4, 0.5) is 4.39 Å². The number of nitrogens with zero attached hydrogens (tertiary/aromatic N) is 1. The highest BCUT2D eigenvalue weighted by molar-refractivity contribution is 7.52. The van der Waals surface area contributed by atoms with Crippen molar-refractivity contribution in [2.45, 2.75) is 24.6 Å². The van der Waals surface area contributed by atoms with Crippen LogP contribution >= 0.6 is 7.60 Å². The van der Waals surface area contributed by atoms with Gasteiger partial charge in [0.15, 0.2) is 0 Å². The van der Waals surface area contributed by atoms with Crippen molar-refractivity contribution in [1.29, 1.82) is 0 Å². The Morgan fingerprint density at radius 2 is 2.13 bits per heavy atom. The van der Waals surface area contributed by atoms with Crippen LogP contribution in [0, 0.1) is 5.82 Å². The number of halogens is 1. The number of nitrogens with one attached hydrogen (secondary N) is 1. The average molecular weight is 350 g/mol. The quantitative estimate of drug-likeness (QED) is 0.261. The highest BCUT2D eigenvalue weighted by Crippen LogP contribution is 2.43. The fourth-order valence-corrected chi connectivity index (χ4v) is 2.57. The van der Waals surface area contributed by atoms with E-state index in [-0.39, 0.29) is 12.9 Å². The van der Waals surface area contributed by atoms with Crippen molar-refractivity contribution in [2.24, 2.45) is 0 Å². The Morgan fingerprint density at radius 1 is 1.43 bits per heavy atom. The number of H-pyrrole nitrogens is 1. The van der Waals surface area contributed by atoms with Gasteiger partial charge in [-0.25, -0.2) is 4.79 Å². The first-order chi connectivity index (χ1) is 10.7. The van der Waals surface area contributed by atoms with Gasteiger partial charge in [0.25, 0.3) is 12.0 Å². The summed E-state index contributed by atoms with van der Waals surface area (Å²) in [5.41, 5.74) is -2.00. The van der Waals surface area contributed by atoms with Gasteiger partial charge in [-0.3, -0.25) is 23.7 Å². The molecule has 0 amide bonds. The molecule has 3 N–H and O–H groups in total. The predicted octanol–water partition coefficient (Wildman–Crippen LogP) is -0.804. The number of aromatic nitrogens is 2. The van der Waals surface area contributed by atoms with Crippen molar-refractivity contribution < 1.29 is 33.0 Å². The molecule has 0 aromatic carbocycles. The second-order valence-corrected chi connectivity index (χ2v) is 6.23. The van der Waals surface area contributed by atoms with E-state index in [4.69, 9.17) is 14.5 Å². The zero-order valence-corrected chi connectivity index (χ0v) is 12.3. The summed E-state index contributed by atoms with van der Waals surface area (Å²) >= 11 is 0. The molecule has 23 heavy (non-hydrogen) atoms. The van der Waals surface area contributed by atoms with E-state index in [1.807, 2.05) is 0 Å². The molecule has 2 rings (SSSR count). The molecule has 10 nitrogen and oxygen atoms in total. The molecule has 1 unspecified atom stereocenters. The molecule has 0 spiro atoms. The van der Waals surface area contributed by atoms with Crippen molar-refractivity contribution >= 4 is 14.1 Å². The maximum Gasteiger partial charge on any atom is 0.393 e. The molecule has 0 saturated heterocycles. The van der Waals surface area contributed by atoms with Crippen molar-refractivity contribution in [1.82, 2.24) is 9.55 Å². The second-order valence-electron chi connectivity index (χ2n) is 4.63. The predicted molar refractivity (Wildman–Crippen MR) is 71.9 cm³/mol. The Hall–Kier alpha value is -2.07. The third-order valence-electron chi connectivity index (χ3n) is 3.04. The lowest BCUT2D eigenvalue weighted by molar-refractivity contribution is -0.155. The van der Waals surface area contributed by atoms with Crippen LogP contribution in [0.2, 0.25) is 0 Å². The summed E-state index contributed by atoms with van der Waals surface area (Å²) in [6.07, 6.45) is 2.66. The van der Waals surface area contributed by atoms with Crippen LogP contribution in [0.15, 0.2) is 27.9 Å². The van der Waals surface area contributed by atoms with Crippen molar-refractivity contribution in [2.75, 3.05) is 0 Å². The van der Waals surface area contributed by atoms with Crippen LogP contribution < -0.4 is 11.2 Å². The van der Waals surface area contributed by atoms with Crippen LogP contribution in [0.1, 0.15) is 12.5 Å². The number of aromatic amines is 1. The normalized spacial score (nSPS) is 22.0. The zero-order valence-electron chi connectivity index (χ0n) is 11.4. The van der Waals surface area contributed by atoms with Crippen LogP contribution in [-0.4, -0.2) is 37.9 Å². The molecule has 0 aliphatic heterocycles. The Bertz CT molecular complexity index is 781. The molecular formula is C11H12FN2O8P. The van der Waals surface area contributed by atoms with Crippen LogP contribution in [-0.2, 0) is 18.8 Å². The lowest BCUT2D eigenvalue weighted by atomic mass is 10.2. The standard InChI is InChI=1S/C11H12FN2O8P/c12-8-4-14(10(17)13-9(8)16)6-1-2-7(3-6)22-11(21-5-15)23(18,19)20/h1-2,4-7,11H,3H2,(H,13,16,17)(H2,18,19,20)/t6-,7+,11?/m0/s1. The molecule has 3 atom stereocenters. The number of allylic oxidation sites excluding steroid dienone is 1. The molecule has 0 saturated carbocycles. The van der Waals surface area contributed by atoms with Gasteiger partial charge < -0.3 is 19.3 Å². The second kappa shape index (κ2) is 6.59. The number of rotatable bonds is 6. The largest absolute Gasteiger partial charge is 0.425 e. The molecule has 1 aromatic heterocycles. The SMILES string of the molecule is O=COC(O[C@@H]1C=C[C@H](n2cc(F)c(=O)[nH]c2=O)C1)P(=O)(O)O. The Balaban J connectivity index is 2.13. The van der Waals surface area contributed by atoms with E-state index in [1.165, 1.54) is 12.2 Å². The number of hydrogen-bond acceptors (Lipinski definition) is 6. The molecule has 12 heteroatoms. The maximum absolute atomic E-state index is 13.3. The maximum atomic E-state index is 13.3. The van der Waals surface area contributed by atoms with Crippen molar-refractivity contribution in [3.05, 3.63) is 45.0 Å². The minimum atomic E-state index is -4.85. The molecule has 0 fully saturated rings. The van der Waals surface area contributed by atoms with Gasteiger partial charge in [-0.15, -0.1) is 0 Å². The van der Waals surface area contributed by atoms with E-state index < -0.39 is 42.8 Å². The topological polar surface area (TPSA) is 148 Å². The lowest BCUT2D eigenvalue weighted by Gasteiger charge is -2.21. The van der Waals surface area contributed by atoms with E-state index in [1.54, 1.807) is 4.98 Å². The summed E-state index contributed by atoms with van der Waals surface area (Å²) in [6.45, 7) is -0.165. The summed E-state index contributed by atoms with van der Waals surface area (Å²) in [6, 6.07) is -2.79. The summed E-state index contributed by atoms with van der Waals surface area (Å²) in [5, 5.41) is 0. The van der Waals surface area contributed by atoms with Gasteiger partial charge in [-0.1, -0.05) is 12.2 Å². The summed E-state index contributed by atoms with van der Waals surface area (Å²) in [5.74, 6) is -1.15. The molecule has 0 bridgehead atoms. The highest BCUT2D eigenvalue weighted by Gasteiger charge is 2.35. The van der Waals surface area contributed by atoms with Crippen LogP contribution in [0.5, 0.6) is 0 Å². The molecule has 1 aliphatic carbocycles. The Labute approximate surface area is 127 Å². The van der Waals surface area contributed by atoms with Crippen LogP contribution in [0.3, 0.4) is 0 Å². The molecule has 1 heterocycles. The van der Waals surface area contributed by atoms with Crippen LogP contribution in [0.25, 0.3) is 0 Å². The smallest absolute Gasteiger partial charge is 0.393 e. The van der Waals surface area contributed by atoms with Gasteiger partial charge in [0, 0.05) is 6.42 Å². The first-order valence-corrected chi connectivity index (χ1v) is 7.89.